The molecule has 0 saturated carbocycles. The van der Waals surface area contributed by atoms with Crippen molar-refractivity contribution in [1.29, 1.82) is 0 Å². The highest BCUT2D eigenvalue weighted by Crippen LogP contribution is 2.12. The first kappa shape index (κ1) is 18.1. The van der Waals surface area contributed by atoms with Crippen molar-refractivity contribution in [3.8, 4) is 5.75 Å². The lowest BCUT2D eigenvalue weighted by molar-refractivity contribution is -0.122. The molecule has 8 heteroatoms. The minimum Gasteiger partial charge on any atom is -0.493 e. The van der Waals surface area contributed by atoms with E-state index in [9.17, 15) is 14.4 Å². The molecule has 0 aliphatic carbocycles. The average Bonchev–Trinajstić information content (AvgIpc) is 2.68. The van der Waals surface area contributed by atoms with Crippen molar-refractivity contribution in [1.82, 2.24) is 21.0 Å². The molecule has 2 amide bonds. The molecule has 138 valence electrons. The molecule has 1 aromatic heterocycles. The number of aryl methyl sites for hydroxylation is 1. The van der Waals surface area contributed by atoms with Crippen molar-refractivity contribution >= 4 is 22.6 Å². The maximum Gasteiger partial charge on any atom is 0.290 e. The summed E-state index contributed by atoms with van der Waals surface area (Å²) in [5.74, 6) is -0.374. The Kier molecular flexibility index (Phi) is 5.46. The molecular weight excluding hydrogens is 348 g/mol. The summed E-state index contributed by atoms with van der Waals surface area (Å²) in [5.41, 5.74) is 5.34. The number of nitrogens with one attached hydrogen (secondary N) is 3. The fraction of sp³-hybridized carbons (Fsp3) is 0.158. The Morgan fingerprint density at radius 3 is 2.48 bits per heavy atom. The molecule has 27 heavy (non-hydrogen) atoms. The standard InChI is InChI=1S/C19H18N4O4/c1-12-6-8-13(9-7-12)27-11-10-16(24)20-23-19(26)17-14-4-2-3-5-15(14)18(25)22-21-17/h2-9H,10-11H2,1H3,(H,20,24)(H,22,25)(H,23,26). The van der Waals surface area contributed by atoms with Crippen molar-refractivity contribution in [2.75, 3.05) is 6.61 Å². The van der Waals surface area contributed by atoms with Crippen LogP contribution >= 0.6 is 0 Å². The molecule has 0 saturated heterocycles. The van der Waals surface area contributed by atoms with Gasteiger partial charge in [-0.3, -0.25) is 25.2 Å². The van der Waals surface area contributed by atoms with Crippen LogP contribution in [0, 0.1) is 6.92 Å². The lowest BCUT2D eigenvalue weighted by Gasteiger charge is -2.09. The molecule has 0 spiro atoms. The highest BCUT2D eigenvalue weighted by molar-refractivity contribution is 6.05. The number of rotatable bonds is 5. The van der Waals surface area contributed by atoms with E-state index in [0.717, 1.165) is 5.56 Å². The smallest absolute Gasteiger partial charge is 0.290 e. The Balaban J connectivity index is 1.53. The Hall–Kier alpha value is -3.68. The number of fused-ring (bicyclic) bond motifs is 1. The lowest BCUT2D eigenvalue weighted by Crippen LogP contribution is -2.42. The molecule has 0 fully saturated rings. The number of ether oxygens (including phenoxy) is 1. The molecule has 1 heterocycles. The Bertz CT molecular complexity index is 1030. The van der Waals surface area contributed by atoms with Gasteiger partial charge in [-0.2, -0.15) is 5.10 Å². The van der Waals surface area contributed by atoms with Gasteiger partial charge in [-0.1, -0.05) is 35.9 Å². The van der Waals surface area contributed by atoms with E-state index >= 15 is 0 Å². The predicted molar refractivity (Wildman–Crippen MR) is 99.3 cm³/mol. The SMILES string of the molecule is Cc1ccc(OCCC(=O)NNC(=O)c2n[nH]c(=O)c3ccccc23)cc1. The number of nitrogens with zero attached hydrogens (tertiary/aromatic N) is 1. The van der Waals surface area contributed by atoms with Gasteiger partial charge in [-0.25, -0.2) is 5.10 Å². The maximum absolute atomic E-state index is 12.3. The number of H-pyrrole nitrogens is 1. The molecule has 0 atom stereocenters. The third kappa shape index (κ3) is 4.49. The molecule has 0 aliphatic rings. The van der Waals surface area contributed by atoms with E-state index in [1.165, 1.54) is 0 Å². The van der Waals surface area contributed by atoms with E-state index in [-0.39, 0.29) is 24.3 Å². The van der Waals surface area contributed by atoms with E-state index in [0.29, 0.717) is 16.5 Å². The van der Waals surface area contributed by atoms with E-state index in [1.54, 1.807) is 24.3 Å². The van der Waals surface area contributed by atoms with Gasteiger partial charge in [0.05, 0.1) is 18.4 Å². The predicted octanol–water partition coefficient (Wildman–Crippen LogP) is 1.46. The third-order valence-corrected chi connectivity index (χ3v) is 3.85. The van der Waals surface area contributed by atoms with Crippen molar-refractivity contribution in [3.63, 3.8) is 0 Å². The zero-order valence-electron chi connectivity index (χ0n) is 14.6. The van der Waals surface area contributed by atoms with Gasteiger partial charge in [0.25, 0.3) is 11.5 Å². The summed E-state index contributed by atoms with van der Waals surface area (Å²) in [6.07, 6.45) is 0.0634. The number of hydrogen-bond donors (Lipinski definition) is 3. The number of amides is 2. The van der Waals surface area contributed by atoms with Crippen LogP contribution in [0.3, 0.4) is 0 Å². The first-order valence-electron chi connectivity index (χ1n) is 8.30. The molecule has 2 aromatic carbocycles. The molecule has 0 bridgehead atoms. The van der Waals surface area contributed by atoms with Gasteiger partial charge in [0, 0.05) is 5.39 Å². The highest BCUT2D eigenvalue weighted by Gasteiger charge is 2.14. The van der Waals surface area contributed by atoms with Crippen LogP contribution < -0.4 is 21.1 Å². The fourth-order valence-corrected chi connectivity index (χ4v) is 2.43. The van der Waals surface area contributed by atoms with Crippen LogP contribution in [0.15, 0.2) is 53.3 Å². The number of hydrazine groups is 1. The van der Waals surface area contributed by atoms with E-state index < -0.39 is 11.8 Å². The first-order valence-corrected chi connectivity index (χ1v) is 8.30. The van der Waals surface area contributed by atoms with Gasteiger partial charge in [0.1, 0.15) is 5.75 Å². The van der Waals surface area contributed by atoms with Gasteiger partial charge >= 0.3 is 0 Å². The number of carbonyl (C=O) groups is 2. The highest BCUT2D eigenvalue weighted by atomic mass is 16.5. The molecular formula is C19H18N4O4. The van der Waals surface area contributed by atoms with Crippen LogP contribution in [0.1, 0.15) is 22.5 Å². The van der Waals surface area contributed by atoms with Crippen molar-refractivity contribution in [2.24, 2.45) is 0 Å². The Morgan fingerprint density at radius 2 is 1.74 bits per heavy atom. The summed E-state index contributed by atoms with van der Waals surface area (Å²) in [7, 11) is 0. The zero-order valence-corrected chi connectivity index (χ0v) is 14.6. The Labute approximate surface area is 154 Å². The molecule has 0 radical (unpaired) electrons. The van der Waals surface area contributed by atoms with Crippen LogP contribution in [0.4, 0.5) is 0 Å². The second-order valence-corrected chi connectivity index (χ2v) is 5.86. The second kappa shape index (κ2) is 8.13. The normalized spacial score (nSPS) is 10.4. The second-order valence-electron chi connectivity index (χ2n) is 5.86. The first-order chi connectivity index (χ1) is 13.0. The Morgan fingerprint density at radius 1 is 1.04 bits per heavy atom. The van der Waals surface area contributed by atoms with Crippen LogP contribution in [-0.2, 0) is 4.79 Å². The largest absolute Gasteiger partial charge is 0.493 e. The number of aromatic nitrogens is 2. The zero-order chi connectivity index (χ0) is 19.2. The minimum absolute atomic E-state index is 0.0152. The fourth-order valence-electron chi connectivity index (χ4n) is 2.43. The number of carbonyl (C=O) groups excluding carboxylic acids is 2. The monoisotopic (exact) mass is 366 g/mol. The minimum atomic E-state index is -0.629. The lowest BCUT2D eigenvalue weighted by atomic mass is 10.1. The summed E-state index contributed by atoms with van der Waals surface area (Å²) in [6, 6.07) is 14.1. The quantitative estimate of drug-likeness (QED) is 0.592. The van der Waals surface area contributed by atoms with E-state index in [1.807, 2.05) is 31.2 Å². The van der Waals surface area contributed by atoms with Crippen LogP contribution in [0.5, 0.6) is 5.75 Å². The molecule has 0 aliphatic heterocycles. The van der Waals surface area contributed by atoms with Gasteiger partial charge in [-0.15, -0.1) is 0 Å². The summed E-state index contributed by atoms with van der Waals surface area (Å²) < 4.78 is 5.47. The third-order valence-electron chi connectivity index (χ3n) is 3.85. The van der Waals surface area contributed by atoms with E-state index in [4.69, 9.17) is 4.74 Å². The van der Waals surface area contributed by atoms with Gasteiger partial charge in [0.15, 0.2) is 5.69 Å². The summed E-state index contributed by atoms with van der Waals surface area (Å²) >= 11 is 0. The van der Waals surface area contributed by atoms with Crippen LogP contribution in [-0.4, -0.2) is 28.6 Å². The van der Waals surface area contributed by atoms with E-state index in [2.05, 4.69) is 21.0 Å². The molecule has 3 N–H and O–H groups in total. The number of aromatic amines is 1. The van der Waals surface area contributed by atoms with Crippen molar-refractivity contribution < 1.29 is 14.3 Å². The molecule has 3 rings (SSSR count). The number of benzene rings is 2. The molecule has 0 unspecified atom stereocenters. The molecule has 3 aromatic rings. The van der Waals surface area contributed by atoms with Crippen molar-refractivity contribution in [3.05, 3.63) is 70.1 Å². The molecule has 8 nitrogen and oxygen atoms in total. The van der Waals surface area contributed by atoms with Gasteiger partial charge in [0.2, 0.25) is 5.91 Å². The van der Waals surface area contributed by atoms with Gasteiger partial charge < -0.3 is 4.74 Å². The summed E-state index contributed by atoms with van der Waals surface area (Å²) in [5, 5.41) is 6.78. The van der Waals surface area contributed by atoms with Gasteiger partial charge in [-0.05, 0) is 25.1 Å². The summed E-state index contributed by atoms with van der Waals surface area (Å²) in [4.78, 5) is 35.9. The average molecular weight is 366 g/mol. The van der Waals surface area contributed by atoms with Crippen molar-refractivity contribution in [2.45, 2.75) is 13.3 Å². The topological polar surface area (TPSA) is 113 Å². The summed E-state index contributed by atoms with van der Waals surface area (Å²) in [6.45, 7) is 2.14. The number of hydrogen-bond acceptors (Lipinski definition) is 5. The van der Waals surface area contributed by atoms with Crippen LogP contribution in [0.2, 0.25) is 0 Å². The maximum atomic E-state index is 12.3. The van der Waals surface area contributed by atoms with Crippen LogP contribution in [0.25, 0.3) is 10.8 Å².